The SMILES string of the molecule is CCn1ncc(NC(=S)Nc2ccc(F)c(Cl)c2)c1C(N)=O. The summed E-state index contributed by atoms with van der Waals surface area (Å²) in [7, 11) is 0. The number of aryl methyl sites for hydroxylation is 1. The van der Waals surface area contributed by atoms with E-state index in [1.165, 1.54) is 29.1 Å². The van der Waals surface area contributed by atoms with Gasteiger partial charge in [0, 0.05) is 12.2 Å². The molecule has 2 rings (SSSR count). The minimum Gasteiger partial charge on any atom is -0.364 e. The fraction of sp³-hybridized carbons (Fsp3) is 0.154. The molecule has 6 nitrogen and oxygen atoms in total. The van der Waals surface area contributed by atoms with E-state index in [-0.39, 0.29) is 15.8 Å². The maximum absolute atomic E-state index is 13.1. The van der Waals surface area contributed by atoms with Crippen LogP contribution in [0.4, 0.5) is 15.8 Å². The molecule has 9 heteroatoms. The molecular formula is C13H13ClFN5OS. The molecule has 0 radical (unpaired) electrons. The van der Waals surface area contributed by atoms with E-state index in [0.29, 0.717) is 17.9 Å². The van der Waals surface area contributed by atoms with E-state index >= 15 is 0 Å². The molecule has 0 bridgehead atoms. The second-order valence-corrected chi connectivity index (χ2v) is 5.11. The Balaban J connectivity index is 2.14. The van der Waals surface area contributed by atoms with Crippen LogP contribution in [0, 0.1) is 5.82 Å². The van der Waals surface area contributed by atoms with Crippen LogP contribution in [0.15, 0.2) is 24.4 Å². The van der Waals surface area contributed by atoms with Crippen LogP contribution in [0.3, 0.4) is 0 Å². The van der Waals surface area contributed by atoms with Crippen LogP contribution in [0.25, 0.3) is 0 Å². The topological polar surface area (TPSA) is 85.0 Å². The van der Waals surface area contributed by atoms with E-state index in [4.69, 9.17) is 29.6 Å². The molecular weight excluding hydrogens is 329 g/mol. The lowest BCUT2D eigenvalue weighted by Gasteiger charge is -2.11. The van der Waals surface area contributed by atoms with Gasteiger partial charge in [-0.15, -0.1) is 0 Å². The van der Waals surface area contributed by atoms with E-state index < -0.39 is 11.7 Å². The number of hydrogen-bond acceptors (Lipinski definition) is 3. The predicted molar refractivity (Wildman–Crippen MR) is 87.7 cm³/mol. The molecule has 116 valence electrons. The molecule has 0 aliphatic heterocycles. The molecule has 22 heavy (non-hydrogen) atoms. The second kappa shape index (κ2) is 6.71. The van der Waals surface area contributed by atoms with Crippen molar-refractivity contribution in [2.45, 2.75) is 13.5 Å². The van der Waals surface area contributed by atoms with E-state index in [0.717, 1.165) is 0 Å². The summed E-state index contributed by atoms with van der Waals surface area (Å²) < 4.78 is 14.6. The van der Waals surface area contributed by atoms with Crippen LogP contribution in [-0.2, 0) is 6.54 Å². The number of hydrogen-bond donors (Lipinski definition) is 3. The summed E-state index contributed by atoms with van der Waals surface area (Å²) in [6.45, 7) is 2.33. The minimum absolute atomic E-state index is 0.0237. The summed E-state index contributed by atoms with van der Waals surface area (Å²) >= 11 is 10.8. The third-order valence-electron chi connectivity index (χ3n) is 2.80. The van der Waals surface area contributed by atoms with Gasteiger partial charge in [-0.1, -0.05) is 11.6 Å². The van der Waals surface area contributed by atoms with Gasteiger partial charge in [-0.2, -0.15) is 5.10 Å². The monoisotopic (exact) mass is 341 g/mol. The first-order valence-corrected chi connectivity index (χ1v) is 7.09. The first kappa shape index (κ1) is 16.2. The molecule has 2 aromatic rings. The number of anilines is 2. The summed E-state index contributed by atoms with van der Waals surface area (Å²) in [6, 6.07) is 4.10. The van der Waals surface area contributed by atoms with Gasteiger partial charge in [0.15, 0.2) is 5.11 Å². The van der Waals surface area contributed by atoms with Crippen LogP contribution in [0.1, 0.15) is 17.4 Å². The number of rotatable bonds is 4. The summed E-state index contributed by atoms with van der Waals surface area (Å²) in [4.78, 5) is 11.5. The Bertz CT molecular complexity index is 733. The third-order valence-corrected chi connectivity index (χ3v) is 3.29. The third kappa shape index (κ3) is 3.52. The molecule has 0 aliphatic rings. The number of thiocarbonyl (C=S) groups is 1. The molecule has 0 fully saturated rings. The molecule has 4 N–H and O–H groups in total. The minimum atomic E-state index is -0.616. The van der Waals surface area contributed by atoms with Gasteiger partial charge in [0.2, 0.25) is 0 Å². The van der Waals surface area contributed by atoms with Crippen molar-refractivity contribution >= 4 is 46.2 Å². The van der Waals surface area contributed by atoms with Crippen molar-refractivity contribution in [2.75, 3.05) is 10.6 Å². The predicted octanol–water partition coefficient (Wildman–Crippen LogP) is 2.60. The van der Waals surface area contributed by atoms with Gasteiger partial charge in [-0.3, -0.25) is 9.48 Å². The Kier molecular flexibility index (Phi) is 4.94. The van der Waals surface area contributed by atoms with Crippen molar-refractivity contribution in [3.05, 3.63) is 40.9 Å². The highest BCUT2D eigenvalue weighted by molar-refractivity contribution is 7.80. The molecule has 0 atom stereocenters. The molecule has 1 aromatic heterocycles. The molecule has 0 saturated heterocycles. The highest BCUT2D eigenvalue weighted by Gasteiger charge is 2.16. The van der Waals surface area contributed by atoms with Gasteiger partial charge in [0.25, 0.3) is 5.91 Å². The smallest absolute Gasteiger partial charge is 0.269 e. The number of carbonyl (C=O) groups is 1. The number of primary amides is 1. The van der Waals surface area contributed by atoms with Crippen LogP contribution in [0.5, 0.6) is 0 Å². The number of carbonyl (C=O) groups excluding carboxylic acids is 1. The zero-order valence-electron chi connectivity index (χ0n) is 11.6. The van der Waals surface area contributed by atoms with Crippen molar-refractivity contribution < 1.29 is 9.18 Å². The lowest BCUT2D eigenvalue weighted by molar-refractivity contribution is 0.0991. The lowest BCUT2D eigenvalue weighted by Crippen LogP contribution is -2.23. The zero-order chi connectivity index (χ0) is 16.3. The number of nitrogens with one attached hydrogen (secondary N) is 2. The Hall–Kier alpha value is -2.19. The van der Waals surface area contributed by atoms with Gasteiger partial charge in [0.1, 0.15) is 11.5 Å². The Labute approximate surface area is 136 Å². The van der Waals surface area contributed by atoms with Gasteiger partial charge in [0.05, 0.1) is 16.9 Å². The molecule has 1 aromatic carbocycles. The summed E-state index contributed by atoms with van der Waals surface area (Å²) in [6.07, 6.45) is 1.45. The molecule has 0 saturated carbocycles. The van der Waals surface area contributed by atoms with Gasteiger partial charge in [-0.05, 0) is 37.3 Å². The van der Waals surface area contributed by atoms with Crippen molar-refractivity contribution in [1.82, 2.24) is 9.78 Å². The highest BCUT2D eigenvalue weighted by Crippen LogP contribution is 2.20. The maximum Gasteiger partial charge on any atom is 0.269 e. The van der Waals surface area contributed by atoms with Crippen molar-refractivity contribution in [1.29, 1.82) is 0 Å². The number of nitrogens with two attached hydrogens (primary N) is 1. The largest absolute Gasteiger partial charge is 0.364 e. The fourth-order valence-corrected chi connectivity index (χ4v) is 2.24. The van der Waals surface area contributed by atoms with Gasteiger partial charge < -0.3 is 16.4 Å². The number of amides is 1. The van der Waals surface area contributed by atoms with E-state index in [1.807, 2.05) is 6.92 Å². The number of benzene rings is 1. The molecule has 0 unspecified atom stereocenters. The Morgan fingerprint density at radius 1 is 1.50 bits per heavy atom. The normalized spacial score (nSPS) is 10.3. The first-order chi connectivity index (χ1) is 10.4. The van der Waals surface area contributed by atoms with Crippen molar-refractivity contribution in [3.63, 3.8) is 0 Å². The number of halogens is 2. The van der Waals surface area contributed by atoms with Crippen molar-refractivity contribution in [2.24, 2.45) is 5.73 Å². The molecule has 1 amide bonds. The second-order valence-electron chi connectivity index (χ2n) is 4.29. The standard InChI is InChI=1S/C13H13ClFN5OS/c1-2-20-11(12(16)21)10(6-17-20)19-13(22)18-7-3-4-9(15)8(14)5-7/h3-6H,2H2,1H3,(H2,16,21)(H2,18,19,22). The maximum atomic E-state index is 13.1. The van der Waals surface area contributed by atoms with Crippen LogP contribution in [0.2, 0.25) is 5.02 Å². The molecule has 1 heterocycles. The van der Waals surface area contributed by atoms with Crippen LogP contribution >= 0.6 is 23.8 Å². The zero-order valence-corrected chi connectivity index (χ0v) is 13.1. The average Bonchev–Trinajstić information content (AvgIpc) is 2.85. The van der Waals surface area contributed by atoms with Crippen LogP contribution < -0.4 is 16.4 Å². The van der Waals surface area contributed by atoms with Crippen LogP contribution in [-0.4, -0.2) is 20.8 Å². The Morgan fingerprint density at radius 3 is 2.82 bits per heavy atom. The highest BCUT2D eigenvalue weighted by atomic mass is 35.5. The van der Waals surface area contributed by atoms with Gasteiger partial charge >= 0.3 is 0 Å². The van der Waals surface area contributed by atoms with E-state index in [9.17, 15) is 9.18 Å². The lowest BCUT2D eigenvalue weighted by atomic mass is 10.3. The average molecular weight is 342 g/mol. The summed E-state index contributed by atoms with van der Waals surface area (Å²) in [5, 5.41) is 9.87. The summed E-state index contributed by atoms with van der Waals surface area (Å²) in [5.74, 6) is -1.14. The number of aromatic nitrogens is 2. The number of nitrogens with zero attached hydrogens (tertiary/aromatic N) is 2. The van der Waals surface area contributed by atoms with E-state index in [1.54, 1.807) is 0 Å². The fourth-order valence-electron chi connectivity index (χ4n) is 1.84. The first-order valence-electron chi connectivity index (χ1n) is 6.31. The molecule has 0 aliphatic carbocycles. The van der Waals surface area contributed by atoms with Crippen molar-refractivity contribution in [3.8, 4) is 0 Å². The molecule has 0 spiro atoms. The van der Waals surface area contributed by atoms with Gasteiger partial charge in [-0.25, -0.2) is 4.39 Å². The van der Waals surface area contributed by atoms with E-state index in [2.05, 4.69) is 15.7 Å². The quantitative estimate of drug-likeness (QED) is 0.744. The summed E-state index contributed by atoms with van der Waals surface area (Å²) in [5.41, 5.74) is 6.46. The Morgan fingerprint density at radius 2 is 2.23 bits per heavy atom.